The minimum Gasteiger partial charge on any atom is -0.383 e. The van der Waals surface area contributed by atoms with Gasteiger partial charge in [0.25, 0.3) is 0 Å². The zero-order chi connectivity index (χ0) is 14.8. The third-order valence-electron chi connectivity index (χ3n) is 3.24. The molecule has 0 amide bonds. The van der Waals surface area contributed by atoms with Crippen LogP contribution in [0.25, 0.3) is 6.08 Å². The van der Waals surface area contributed by atoms with Gasteiger partial charge in [-0.05, 0) is 23.3 Å². The lowest BCUT2D eigenvalue weighted by Gasteiger charge is -2.20. The van der Waals surface area contributed by atoms with Crippen LogP contribution in [0, 0.1) is 0 Å². The zero-order valence-electron chi connectivity index (χ0n) is 12.5. The van der Waals surface area contributed by atoms with Gasteiger partial charge < -0.3 is 4.74 Å². The second-order valence-electron chi connectivity index (χ2n) is 4.90. The summed E-state index contributed by atoms with van der Waals surface area (Å²) in [5.74, 6) is 0. The van der Waals surface area contributed by atoms with Gasteiger partial charge in [-0.2, -0.15) is 0 Å². The molecule has 0 aliphatic rings. The molecule has 0 saturated carbocycles. The SMILES string of the molecule is COCCN(C/C=C/c1ccccc1)Cc1ccncc1. The Labute approximate surface area is 126 Å². The average Bonchev–Trinajstić information content (AvgIpc) is 2.54. The minimum absolute atomic E-state index is 0.740. The van der Waals surface area contributed by atoms with Gasteiger partial charge >= 0.3 is 0 Å². The number of aromatic nitrogens is 1. The number of nitrogens with zero attached hydrogens (tertiary/aromatic N) is 2. The Balaban J connectivity index is 1.91. The fourth-order valence-electron chi connectivity index (χ4n) is 2.10. The van der Waals surface area contributed by atoms with E-state index < -0.39 is 0 Å². The second-order valence-corrected chi connectivity index (χ2v) is 4.90. The summed E-state index contributed by atoms with van der Waals surface area (Å²) in [7, 11) is 1.74. The highest BCUT2D eigenvalue weighted by Gasteiger charge is 2.03. The summed E-state index contributed by atoms with van der Waals surface area (Å²) >= 11 is 0. The van der Waals surface area contributed by atoms with Crippen molar-refractivity contribution in [2.75, 3.05) is 26.8 Å². The fourth-order valence-corrected chi connectivity index (χ4v) is 2.10. The van der Waals surface area contributed by atoms with Crippen LogP contribution in [0.1, 0.15) is 11.1 Å². The lowest BCUT2D eigenvalue weighted by molar-refractivity contribution is 0.151. The molecule has 3 heteroatoms. The summed E-state index contributed by atoms with van der Waals surface area (Å²) < 4.78 is 5.20. The topological polar surface area (TPSA) is 25.4 Å². The molecule has 0 unspecified atom stereocenters. The molecule has 2 aromatic rings. The molecule has 1 aromatic heterocycles. The van der Waals surface area contributed by atoms with E-state index in [2.05, 4.69) is 58.4 Å². The first-order valence-corrected chi connectivity index (χ1v) is 7.20. The highest BCUT2D eigenvalue weighted by molar-refractivity contribution is 5.48. The second kappa shape index (κ2) is 9.06. The molecule has 1 aromatic carbocycles. The van der Waals surface area contributed by atoms with E-state index in [1.807, 2.05) is 18.5 Å². The van der Waals surface area contributed by atoms with Crippen molar-refractivity contribution >= 4 is 6.08 Å². The molecule has 0 saturated heterocycles. The molecule has 1 heterocycles. The van der Waals surface area contributed by atoms with Crippen LogP contribution in [0.4, 0.5) is 0 Å². The van der Waals surface area contributed by atoms with E-state index in [0.29, 0.717) is 0 Å². The average molecular weight is 282 g/mol. The minimum atomic E-state index is 0.740. The van der Waals surface area contributed by atoms with Crippen molar-refractivity contribution < 1.29 is 4.74 Å². The van der Waals surface area contributed by atoms with Crippen LogP contribution < -0.4 is 0 Å². The quantitative estimate of drug-likeness (QED) is 0.743. The summed E-state index contributed by atoms with van der Waals surface area (Å²) in [5.41, 5.74) is 2.50. The van der Waals surface area contributed by atoms with Crippen LogP contribution in [-0.4, -0.2) is 36.7 Å². The molecule has 21 heavy (non-hydrogen) atoms. The first kappa shape index (κ1) is 15.4. The zero-order valence-corrected chi connectivity index (χ0v) is 12.5. The Morgan fingerprint density at radius 2 is 1.86 bits per heavy atom. The fraction of sp³-hybridized carbons (Fsp3) is 0.278. The lowest BCUT2D eigenvalue weighted by atomic mass is 10.2. The summed E-state index contributed by atoms with van der Waals surface area (Å²) in [6.45, 7) is 3.47. The number of hydrogen-bond donors (Lipinski definition) is 0. The summed E-state index contributed by atoms with van der Waals surface area (Å²) in [6, 6.07) is 14.5. The molecule has 3 nitrogen and oxygen atoms in total. The molecule has 2 rings (SSSR count). The molecule has 0 radical (unpaired) electrons. The van der Waals surface area contributed by atoms with Gasteiger partial charge in [0.1, 0.15) is 0 Å². The largest absolute Gasteiger partial charge is 0.383 e. The number of methoxy groups -OCH3 is 1. The monoisotopic (exact) mass is 282 g/mol. The Kier molecular flexibility index (Phi) is 6.65. The van der Waals surface area contributed by atoms with Gasteiger partial charge in [-0.15, -0.1) is 0 Å². The highest BCUT2D eigenvalue weighted by atomic mass is 16.5. The van der Waals surface area contributed by atoms with E-state index in [9.17, 15) is 0 Å². The van der Waals surface area contributed by atoms with Gasteiger partial charge in [0.05, 0.1) is 6.61 Å². The molecule has 0 aliphatic heterocycles. The van der Waals surface area contributed by atoms with Crippen LogP contribution in [0.3, 0.4) is 0 Å². The Morgan fingerprint density at radius 3 is 2.57 bits per heavy atom. The van der Waals surface area contributed by atoms with Crippen molar-refractivity contribution in [1.82, 2.24) is 9.88 Å². The third kappa shape index (κ3) is 5.90. The Morgan fingerprint density at radius 1 is 1.10 bits per heavy atom. The predicted octanol–water partition coefficient (Wildman–Crippen LogP) is 3.24. The maximum atomic E-state index is 5.20. The Hall–Kier alpha value is -1.97. The summed E-state index contributed by atoms with van der Waals surface area (Å²) in [5, 5.41) is 0. The number of pyridine rings is 1. The molecule has 0 N–H and O–H groups in total. The van der Waals surface area contributed by atoms with Crippen LogP contribution in [-0.2, 0) is 11.3 Å². The van der Waals surface area contributed by atoms with Crippen molar-refractivity contribution in [3.63, 3.8) is 0 Å². The van der Waals surface area contributed by atoms with Crippen molar-refractivity contribution in [2.45, 2.75) is 6.54 Å². The summed E-state index contributed by atoms with van der Waals surface area (Å²) in [4.78, 5) is 6.42. The van der Waals surface area contributed by atoms with E-state index in [1.54, 1.807) is 7.11 Å². The molecular formula is C18H22N2O. The molecular weight excluding hydrogens is 260 g/mol. The van der Waals surface area contributed by atoms with E-state index in [4.69, 9.17) is 4.74 Å². The van der Waals surface area contributed by atoms with Gasteiger partial charge in [-0.3, -0.25) is 9.88 Å². The molecule has 0 spiro atoms. The van der Waals surface area contributed by atoms with Crippen LogP contribution in [0.2, 0.25) is 0 Å². The predicted molar refractivity (Wildman–Crippen MR) is 86.9 cm³/mol. The first-order valence-electron chi connectivity index (χ1n) is 7.20. The van der Waals surface area contributed by atoms with Gasteiger partial charge in [0.2, 0.25) is 0 Å². The standard InChI is InChI=1S/C18H22N2O/c1-21-15-14-20(16-18-9-11-19-12-10-18)13-5-8-17-6-3-2-4-7-17/h2-12H,13-16H2,1H3/b8-5+. The van der Waals surface area contributed by atoms with Crippen molar-refractivity contribution in [3.8, 4) is 0 Å². The molecule has 0 bridgehead atoms. The van der Waals surface area contributed by atoms with Crippen LogP contribution >= 0.6 is 0 Å². The molecule has 0 aliphatic carbocycles. The maximum absolute atomic E-state index is 5.20. The first-order chi connectivity index (χ1) is 10.4. The van der Waals surface area contributed by atoms with Gasteiger partial charge in [0, 0.05) is 39.1 Å². The van der Waals surface area contributed by atoms with Gasteiger partial charge in [-0.25, -0.2) is 0 Å². The van der Waals surface area contributed by atoms with E-state index >= 15 is 0 Å². The highest BCUT2D eigenvalue weighted by Crippen LogP contribution is 2.05. The molecule has 0 atom stereocenters. The van der Waals surface area contributed by atoms with E-state index in [1.165, 1.54) is 11.1 Å². The van der Waals surface area contributed by atoms with Crippen molar-refractivity contribution in [2.24, 2.45) is 0 Å². The number of hydrogen-bond acceptors (Lipinski definition) is 3. The maximum Gasteiger partial charge on any atom is 0.0589 e. The molecule has 110 valence electrons. The van der Waals surface area contributed by atoms with Gasteiger partial charge in [0.15, 0.2) is 0 Å². The van der Waals surface area contributed by atoms with Crippen LogP contribution in [0.15, 0.2) is 60.9 Å². The molecule has 0 fully saturated rings. The van der Waals surface area contributed by atoms with Gasteiger partial charge in [-0.1, -0.05) is 42.5 Å². The van der Waals surface area contributed by atoms with E-state index in [0.717, 1.165) is 26.2 Å². The Bertz CT molecular complexity index is 525. The third-order valence-corrected chi connectivity index (χ3v) is 3.24. The lowest BCUT2D eigenvalue weighted by Crippen LogP contribution is -2.27. The summed E-state index contributed by atoms with van der Waals surface area (Å²) in [6.07, 6.45) is 8.03. The normalized spacial score (nSPS) is 11.3. The van der Waals surface area contributed by atoms with E-state index in [-0.39, 0.29) is 0 Å². The number of rotatable bonds is 8. The number of benzene rings is 1. The van der Waals surface area contributed by atoms with Crippen molar-refractivity contribution in [1.29, 1.82) is 0 Å². The van der Waals surface area contributed by atoms with Crippen molar-refractivity contribution in [3.05, 3.63) is 72.1 Å². The van der Waals surface area contributed by atoms with Crippen LogP contribution in [0.5, 0.6) is 0 Å². The number of ether oxygens (including phenoxy) is 1. The smallest absolute Gasteiger partial charge is 0.0589 e.